The molecular formula is C21H30N2O4. The van der Waals surface area contributed by atoms with Crippen LogP contribution in [0.5, 0.6) is 0 Å². The molecule has 1 aliphatic heterocycles. The predicted octanol–water partition coefficient (Wildman–Crippen LogP) is 3.48. The Balaban J connectivity index is 2.31. The smallest absolute Gasteiger partial charge is 0.329 e. The first-order valence-corrected chi connectivity index (χ1v) is 9.49. The van der Waals surface area contributed by atoms with E-state index in [4.69, 9.17) is 4.74 Å². The summed E-state index contributed by atoms with van der Waals surface area (Å²) < 4.78 is 5.17. The summed E-state index contributed by atoms with van der Waals surface area (Å²) in [5.41, 5.74) is 0.614. The molecule has 1 aliphatic rings. The normalized spacial score (nSPS) is 21.2. The van der Waals surface area contributed by atoms with Crippen LogP contribution in [0.1, 0.15) is 65.5 Å². The van der Waals surface area contributed by atoms with Gasteiger partial charge in [-0.2, -0.15) is 0 Å². The molecule has 1 aromatic carbocycles. The van der Waals surface area contributed by atoms with E-state index >= 15 is 0 Å². The maximum Gasteiger partial charge on any atom is 0.329 e. The van der Waals surface area contributed by atoms with Crippen molar-refractivity contribution in [1.82, 2.24) is 10.2 Å². The van der Waals surface area contributed by atoms with Crippen LogP contribution in [-0.4, -0.2) is 35.5 Å². The fourth-order valence-corrected chi connectivity index (χ4v) is 3.20. The third-order valence-corrected chi connectivity index (χ3v) is 4.97. The molecule has 0 radical (unpaired) electrons. The number of ether oxygens (including phenoxy) is 1. The quantitative estimate of drug-likeness (QED) is 0.611. The summed E-state index contributed by atoms with van der Waals surface area (Å²) in [6, 6.07) is 6.17. The Bertz CT molecular complexity index is 721. The Hall–Kier alpha value is -2.37. The van der Waals surface area contributed by atoms with Gasteiger partial charge in [0.1, 0.15) is 11.6 Å². The van der Waals surface area contributed by atoms with Gasteiger partial charge in [0.05, 0.1) is 6.61 Å². The average molecular weight is 374 g/mol. The lowest BCUT2D eigenvalue weighted by molar-refractivity contribution is -0.153. The van der Waals surface area contributed by atoms with E-state index in [2.05, 4.69) is 26.1 Å². The molecule has 27 heavy (non-hydrogen) atoms. The van der Waals surface area contributed by atoms with Gasteiger partial charge in [-0.3, -0.25) is 4.79 Å². The molecule has 1 aromatic rings. The van der Waals surface area contributed by atoms with Crippen LogP contribution in [0.4, 0.5) is 4.79 Å². The van der Waals surface area contributed by atoms with Crippen LogP contribution in [0, 0.1) is 0 Å². The zero-order valence-electron chi connectivity index (χ0n) is 17.1. The molecule has 148 valence electrons. The molecule has 1 N–H and O–H groups in total. The zero-order valence-corrected chi connectivity index (χ0v) is 17.1. The minimum atomic E-state index is -1.20. The maximum atomic E-state index is 13.1. The van der Waals surface area contributed by atoms with Crippen molar-refractivity contribution >= 4 is 17.9 Å². The second kappa shape index (κ2) is 7.71. The minimum absolute atomic E-state index is 0.00918. The maximum absolute atomic E-state index is 13.1. The molecule has 0 aliphatic carbocycles. The number of rotatable bonds is 6. The fraction of sp³-hybridized carbons (Fsp3) is 0.571. The molecule has 1 heterocycles. The van der Waals surface area contributed by atoms with E-state index in [0.29, 0.717) is 18.4 Å². The van der Waals surface area contributed by atoms with E-state index in [-0.39, 0.29) is 12.0 Å². The van der Waals surface area contributed by atoms with Gasteiger partial charge in [0.25, 0.3) is 5.91 Å². The summed E-state index contributed by atoms with van der Waals surface area (Å²) in [4.78, 5) is 39.0. The first-order chi connectivity index (χ1) is 12.6. The molecule has 0 aromatic heterocycles. The summed E-state index contributed by atoms with van der Waals surface area (Å²) in [5.74, 6) is -0.980. The van der Waals surface area contributed by atoms with Crippen molar-refractivity contribution in [2.45, 2.75) is 71.4 Å². The van der Waals surface area contributed by atoms with Crippen molar-refractivity contribution < 1.29 is 19.1 Å². The SMILES string of the molecule is CCCOC(=O)C(CC)N1C(=O)NC(C)(c2ccc(C(C)(C)C)cc2)C1=O. The Morgan fingerprint density at radius 1 is 1.19 bits per heavy atom. The molecule has 3 amide bonds. The molecule has 6 heteroatoms. The lowest BCUT2D eigenvalue weighted by Gasteiger charge is -2.26. The lowest BCUT2D eigenvalue weighted by atomic mass is 9.84. The largest absolute Gasteiger partial charge is 0.464 e. The van der Waals surface area contributed by atoms with Gasteiger partial charge < -0.3 is 10.1 Å². The topological polar surface area (TPSA) is 75.7 Å². The monoisotopic (exact) mass is 374 g/mol. The Labute approximate surface area is 161 Å². The van der Waals surface area contributed by atoms with Crippen LogP contribution >= 0.6 is 0 Å². The van der Waals surface area contributed by atoms with E-state index in [1.807, 2.05) is 31.2 Å². The summed E-state index contributed by atoms with van der Waals surface area (Å²) in [5, 5.41) is 2.76. The number of nitrogens with zero attached hydrogens (tertiary/aromatic N) is 1. The molecule has 1 fully saturated rings. The number of nitrogens with one attached hydrogen (secondary N) is 1. The minimum Gasteiger partial charge on any atom is -0.464 e. The fourth-order valence-electron chi connectivity index (χ4n) is 3.20. The standard InChI is InChI=1S/C21H30N2O4/c1-7-13-27-17(24)16(8-2)23-18(25)21(6,22-19(23)26)15-11-9-14(10-12-15)20(3,4)5/h9-12,16H,7-8,13H2,1-6H3,(H,22,26). The number of carbonyl (C=O) groups is 3. The molecule has 2 atom stereocenters. The summed E-state index contributed by atoms with van der Waals surface area (Å²) in [7, 11) is 0. The first kappa shape index (κ1) is 20.9. The third kappa shape index (κ3) is 3.99. The summed E-state index contributed by atoms with van der Waals surface area (Å²) >= 11 is 0. The van der Waals surface area contributed by atoms with E-state index in [1.54, 1.807) is 13.8 Å². The molecule has 1 saturated heterocycles. The highest BCUT2D eigenvalue weighted by atomic mass is 16.5. The van der Waals surface area contributed by atoms with Gasteiger partial charge in [-0.1, -0.05) is 58.9 Å². The van der Waals surface area contributed by atoms with Crippen LogP contribution in [-0.2, 0) is 25.3 Å². The van der Waals surface area contributed by atoms with Crippen LogP contribution in [0.15, 0.2) is 24.3 Å². The van der Waals surface area contributed by atoms with Gasteiger partial charge in [0, 0.05) is 0 Å². The highest BCUT2D eigenvalue weighted by Crippen LogP contribution is 2.32. The van der Waals surface area contributed by atoms with Crippen molar-refractivity contribution in [3.63, 3.8) is 0 Å². The predicted molar refractivity (Wildman–Crippen MR) is 103 cm³/mol. The van der Waals surface area contributed by atoms with Crippen molar-refractivity contribution in [2.75, 3.05) is 6.61 Å². The zero-order chi connectivity index (χ0) is 20.4. The van der Waals surface area contributed by atoms with Crippen LogP contribution in [0.3, 0.4) is 0 Å². The highest BCUT2D eigenvalue weighted by Gasteiger charge is 2.52. The van der Waals surface area contributed by atoms with E-state index in [1.165, 1.54) is 0 Å². The molecule has 0 saturated carbocycles. The molecule has 0 bridgehead atoms. The Kier molecular flexibility index (Phi) is 5.97. The van der Waals surface area contributed by atoms with E-state index in [0.717, 1.165) is 10.5 Å². The highest BCUT2D eigenvalue weighted by molar-refractivity contribution is 6.09. The number of urea groups is 1. The second-order valence-electron chi connectivity index (χ2n) is 8.15. The molecule has 6 nitrogen and oxygen atoms in total. The Morgan fingerprint density at radius 2 is 1.78 bits per heavy atom. The molecule has 2 unspecified atom stereocenters. The number of imide groups is 1. The average Bonchev–Trinajstić information content (AvgIpc) is 2.84. The number of esters is 1. The number of carbonyl (C=O) groups excluding carboxylic acids is 3. The van der Waals surface area contributed by atoms with Crippen LogP contribution < -0.4 is 5.32 Å². The van der Waals surface area contributed by atoms with Gasteiger partial charge in [0.2, 0.25) is 0 Å². The summed E-state index contributed by atoms with van der Waals surface area (Å²) in [6.45, 7) is 11.9. The first-order valence-electron chi connectivity index (χ1n) is 9.49. The number of benzene rings is 1. The second-order valence-corrected chi connectivity index (χ2v) is 8.15. The Morgan fingerprint density at radius 3 is 2.26 bits per heavy atom. The van der Waals surface area contributed by atoms with Gasteiger partial charge >= 0.3 is 12.0 Å². The van der Waals surface area contributed by atoms with Crippen molar-refractivity contribution in [3.05, 3.63) is 35.4 Å². The van der Waals surface area contributed by atoms with E-state index in [9.17, 15) is 14.4 Å². The molecular weight excluding hydrogens is 344 g/mol. The van der Waals surface area contributed by atoms with E-state index < -0.39 is 29.5 Å². The van der Waals surface area contributed by atoms with Crippen LogP contribution in [0.2, 0.25) is 0 Å². The molecule has 2 rings (SSSR count). The van der Waals surface area contributed by atoms with Gasteiger partial charge in [0.15, 0.2) is 0 Å². The molecule has 0 spiro atoms. The van der Waals surface area contributed by atoms with Gasteiger partial charge in [-0.15, -0.1) is 0 Å². The van der Waals surface area contributed by atoms with Crippen LogP contribution in [0.25, 0.3) is 0 Å². The number of hydrogen-bond donors (Lipinski definition) is 1. The van der Waals surface area contributed by atoms with Gasteiger partial charge in [-0.05, 0) is 36.3 Å². The number of amides is 3. The van der Waals surface area contributed by atoms with Crippen molar-refractivity contribution in [3.8, 4) is 0 Å². The van der Waals surface area contributed by atoms with Gasteiger partial charge in [-0.25, -0.2) is 14.5 Å². The summed E-state index contributed by atoms with van der Waals surface area (Å²) in [6.07, 6.45) is 0.987. The third-order valence-electron chi connectivity index (χ3n) is 4.97. The number of hydrogen-bond acceptors (Lipinski definition) is 4. The lowest BCUT2D eigenvalue weighted by Crippen LogP contribution is -2.47. The van der Waals surface area contributed by atoms with Crippen molar-refractivity contribution in [1.29, 1.82) is 0 Å². The van der Waals surface area contributed by atoms with Crippen molar-refractivity contribution in [2.24, 2.45) is 0 Å².